The van der Waals surface area contributed by atoms with E-state index < -0.39 is 22.3 Å². The molecule has 4 rings (SSSR count). The Morgan fingerprint density at radius 3 is 2.58 bits per heavy atom. The van der Waals surface area contributed by atoms with E-state index in [4.69, 9.17) is 0 Å². The summed E-state index contributed by atoms with van der Waals surface area (Å²) in [7, 11) is 0. The molecule has 2 aromatic heterocycles. The van der Waals surface area contributed by atoms with Crippen molar-refractivity contribution in [3.8, 4) is 0 Å². The number of carbonyl (C=O) groups is 1. The highest BCUT2D eigenvalue weighted by molar-refractivity contribution is 7.22. The number of halogens is 1. The molecule has 0 saturated carbocycles. The van der Waals surface area contributed by atoms with Gasteiger partial charge in [0.15, 0.2) is 5.13 Å². The number of hydrogen-bond acceptors (Lipinski definition) is 9. The SMILES string of the molecule is Cc1cccc2sc(Nc3ncnc(NNC(=O)c4ccc(F)cc4)c3[N+](=O)[O-])nc12. The predicted molar refractivity (Wildman–Crippen MR) is 114 cm³/mol. The van der Waals surface area contributed by atoms with Crippen molar-refractivity contribution in [2.75, 3.05) is 10.7 Å². The molecule has 0 unspecified atom stereocenters. The molecule has 0 fully saturated rings. The molecule has 0 radical (unpaired) electrons. The number of benzene rings is 2. The molecule has 2 heterocycles. The summed E-state index contributed by atoms with van der Waals surface area (Å²) < 4.78 is 13.9. The molecule has 156 valence electrons. The van der Waals surface area contributed by atoms with Crippen molar-refractivity contribution < 1.29 is 14.1 Å². The van der Waals surface area contributed by atoms with Gasteiger partial charge in [0.25, 0.3) is 5.91 Å². The van der Waals surface area contributed by atoms with Crippen molar-refractivity contribution in [1.82, 2.24) is 20.4 Å². The van der Waals surface area contributed by atoms with Crippen molar-refractivity contribution in [3.05, 3.63) is 75.9 Å². The third-order valence-corrected chi connectivity index (χ3v) is 5.19. The lowest BCUT2D eigenvalue weighted by Crippen LogP contribution is -2.30. The van der Waals surface area contributed by atoms with Crippen molar-refractivity contribution >= 4 is 49.9 Å². The minimum Gasteiger partial charge on any atom is -0.310 e. The number of thiazole rings is 1. The molecule has 0 aliphatic rings. The maximum atomic E-state index is 13.0. The number of anilines is 3. The van der Waals surface area contributed by atoms with Gasteiger partial charge < -0.3 is 5.32 Å². The highest BCUT2D eigenvalue weighted by Gasteiger charge is 2.24. The second kappa shape index (κ2) is 8.28. The maximum absolute atomic E-state index is 13.0. The van der Waals surface area contributed by atoms with Crippen LogP contribution in [0.3, 0.4) is 0 Å². The number of aromatic nitrogens is 3. The first kappa shape index (κ1) is 20.1. The van der Waals surface area contributed by atoms with Crippen LogP contribution in [0.4, 0.5) is 26.8 Å². The van der Waals surface area contributed by atoms with E-state index in [1.807, 2.05) is 25.1 Å². The molecule has 2 aromatic carbocycles. The Labute approximate surface area is 178 Å². The lowest BCUT2D eigenvalue weighted by molar-refractivity contribution is -0.383. The van der Waals surface area contributed by atoms with Crippen molar-refractivity contribution in [3.63, 3.8) is 0 Å². The molecule has 1 amide bonds. The molecule has 31 heavy (non-hydrogen) atoms. The van der Waals surface area contributed by atoms with Crippen LogP contribution in [0.2, 0.25) is 0 Å². The topological polar surface area (TPSA) is 135 Å². The van der Waals surface area contributed by atoms with Crippen LogP contribution in [0.15, 0.2) is 48.8 Å². The smallest absolute Gasteiger partial charge is 0.310 e. The van der Waals surface area contributed by atoms with Crippen LogP contribution >= 0.6 is 11.3 Å². The van der Waals surface area contributed by atoms with E-state index in [2.05, 4.69) is 31.1 Å². The molecular formula is C19H14FN7O3S. The number of carbonyl (C=O) groups excluding carboxylic acids is 1. The Balaban J connectivity index is 1.58. The average molecular weight is 439 g/mol. The quantitative estimate of drug-likeness (QED) is 0.304. The van der Waals surface area contributed by atoms with Gasteiger partial charge in [-0.15, -0.1) is 0 Å². The summed E-state index contributed by atoms with van der Waals surface area (Å²) in [5.74, 6) is -1.42. The summed E-state index contributed by atoms with van der Waals surface area (Å²) in [5.41, 5.74) is 6.18. The molecular weight excluding hydrogens is 425 g/mol. The normalized spacial score (nSPS) is 10.6. The molecule has 10 nitrogen and oxygen atoms in total. The van der Waals surface area contributed by atoms with Crippen LogP contribution in [-0.4, -0.2) is 25.8 Å². The number of fused-ring (bicyclic) bond motifs is 1. The lowest BCUT2D eigenvalue weighted by atomic mass is 10.2. The molecule has 0 saturated heterocycles. The second-order valence-corrected chi connectivity index (χ2v) is 7.36. The van der Waals surface area contributed by atoms with Crippen molar-refractivity contribution in [1.29, 1.82) is 0 Å². The number of hydrogen-bond donors (Lipinski definition) is 3. The van der Waals surface area contributed by atoms with Crippen LogP contribution in [0.1, 0.15) is 15.9 Å². The highest BCUT2D eigenvalue weighted by Crippen LogP contribution is 2.34. The van der Waals surface area contributed by atoms with Gasteiger partial charge in [-0.3, -0.25) is 25.8 Å². The van der Waals surface area contributed by atoms with E-state index in [1.54, 1.807) is 0 Å². The number of nitrogens with zero attached hydrogens (tertiary/aromatic N) is 4. The van der Waals surface area contributed by atoms with Crippen molar-refractivity contribution in [2.24, 2.45) is 0 Å². The average Bonchev–Trinajstić information content (AvgIpc) is 3.16. The first-order valence-corrected chi connectivity index (χ1v) is 9.68. The van der Waals surface area contributed by atoms with Crippen LogP contribution in [0.25, 0.3) is 10.2 Å². The summed E-state index contributed by atoms with van der Waals surface area (Å²) in [4.78, 5) is 35.5. The fourth-order valence-electron chi connectivity index (χ4n) is 2.77. The summed E-state index contributed by atoms with van der Waals surface area (Å²) in [6.45, 7) is 1.92. The third kappa shape index (κ3) is 4.23. The predicted octanol–water partition coefficient (Wildman–Crippen LogP) is 3.94. The van der Waals surface area contributed by atoms with Gasteiger partial charge >= 0.3 is 5.69 Å². The number of para-hydroxylation sites is 1. The zero-order chi connectivity index (χ0) is 22.0. The molecule has 4 aromatic rings. The zero-order valence-electron chi connectivity index (χ0n) is 15.9. The monoisotopic (exact) mass is 439 g/mol. The maximum Gasteiger partial charge on any atom is 0.355 e. The summed E-state index contributed by atoms with van der Waals surface area (Å²) >= 11 is 1.32. The number of aryl methyl sites for hydroxylation is 1. The minimum absolute atomic E-state index is 0.0877. The number of amides is 1. The van der Waals surface area contributed by atoms with Gasteiger partial charge in [0.05, 0.1) is 15.1 Å². The Bertz CT molecular complexity index is 1290. The fourth-order valence-corrected chi connectivity index (χ4v) is 3.71. The molecule has 0 aliphatic carbocycles. The summed E-state index contributed by atoms with van der Waals surface area (Å²) in [6.07, 6.45) is 1.11. The Kier molecular flexibility index (Phi) is 5.37. The minimum atomic E-state index is -0.673. The van der Waals surface area contributed by atoms with Gasteiger partial charge in [-0.1, -0.05) is 23.5 Å². The number of rotatable bonds is 6. The standard InChI is InChI=1S/C19H14FN7O3S/c1-10-3-2-4-13-14(10)23-19(31-13)24-16-15(27(29)30)17(22-9-21-16)25-26-18(28)11-5-7-12(20)8-6-11/h2-9H,1H3,(H,26,28)(H2,21,22,23,24,25). The van der Waals surface area contributed by atoms with Crippen LogP contribution < -0.4 is 16.2 Å². The van der Waals surface area contributed by atoms with Gasteiger partial charge in [-0.25, -0.2) is 19.3 Å². The largest absolute Gasteiger partial charge is 0.355 e. The van der Waals surface area contributed by atoms with Crippen molar-refractivity contribution in [2.45, 2.75) is 6.92 Å². The second-order valence-electron chi connectivity index (χ2n) is 6.33. The summed E-state index contributed by atoms with van der Waals surface area (Å²) in [5, 5.41) is 15.0. The lowest BCUT2D eigenvalue weighted by Gasteiger charge is -2.10. The molecule has 0 atom stereocenters. The van der Waals surface area contributed by atoms with E-state index >= 15 is 0 Å². The van der Waals surface area contributed by atoms with E-state index in [0.29, 0.717) is 5.13 Å². The number of nitro groups is 1. The van der Waals surface area contributed by atoms with Crippen LogP contribution in [0, 0.1) is 22.9 Å². The highest BCUT2D eigenvalue weighted by atomic mass is 32.1. The first-order valence-electron chi connectivity index (χ1n) is 8.87. The Morgan fingerprint density at radius 1 is 1.13 bits per heavy atom. The number of nitrogens with one attached hydrogen (secondary N) is 3. The summed E-state index contributed by atoms with van der Waals surface area (Å²) in [6, 6.07) is 10.5. The molecule has 12 heteroatoms. The Morgan fingerprint density at radius 2 is 1.87 bits per heavy atom. The number of hydrazine groups is 1. The van der Waals surface area contributed by atoms with E-state index in [0.717, 1.165) is 34.2 Å². The molecule has 0 bridgehead atoms. The molecule has 3 N–H and O–H groups in total. The van der Waals surface area contributed by atoms with Gasteiger partial charge in [0, 0.05) is 5.56 Å². The fraction of sp³-hybridized carbons (Fsp3) is 0.0526. The Hall–Kier alpha value is -4.19. The van der Waals surface area contributed by atoms with Crippen LogP contribution in [0.5, 0.6) is 0 Å². The first-order chi connectivity index (χ1) is 14.9. The van der Waals surface area contributed by atoms with Gasteiger partial charge in [0.2, 0.25) is 11.6 Å². The van der Waals surface area contributed by atoms with Gasteiger partial charge in [-0.2, -0.15) is 0 Å². The van der Waals surface area contributed by atoms with Crippen LogP contribution in [-0.2, 0) is 0 Å². The van der Waals surface area contributed by atoms with Gasteiger partial charge in [0.1, 0.15) is 12.1 Å². The van der Waals surface area contributed by atoms with Gasteiger partial charge in [-0.05, 0) is 42.8 Å². The van der Waals surface area contributed by atoms with E-state index in [1.165, 1.54) is 23.5 Å². The molecule has 0 spiro atoms. The third-order valence-electron chi connectivity index (χ3n) is 4.25. The van der Waals surface area contributed by atoms with E-state index in [-0.39, 0.29) is 17.2 Å². The molecule has 0 aliphatic heterocycles. The van der Waals surface area contributed by atoms with E-state index in [9.17, 15) is 19.3 Å². The zero-order valence-corrected chi connectivity index (χ0v) is 16.7.